The molecule has 2 heterocycles. The van der Waals surface area contributed by atoms with E-state index in [1.807, 2.05) is 53.6 Å². The Bertz CT molecular complexity index is 848. The summed E-state index contributed by atoms with van der Waals surface area (Å²) in [6, 6.07) is 11.8. The average molecular weight is 392 g/mol. The predicted octanol–water partition coefficient (Wildman–Crippen LogP) is 3.72. The number of hydrogen-bond acceptors (Lipinski definition) is 3. The molecule has 5 heteroatoms. The van der Waals surface area contributed by atoms with E-state index >= 15 is 0 Å². The molecule has 1 N–H and O–H groups in total. The summed E-state index contributed by atoms with van der Waals surface area (Å²) in [5.74, 6) is 0.380. The van der Waals surface area contributed by atoms with E-state index in [1.165, 1.54) is 0 Å². The van der Waals surface area contributed by atoms with Crippen LogP contribution in [0.1, 0.15) is 47.7 Å². The van der Waals surface area contributed by atoms with Crippen LogP contribution in [-0.2, 0) is 11.2 Å². The van der Waals surface area contributed by atoms with Crippen LogP contribution >= 0.6 is 0 Å². The smallest absolute Gasteiger partial charge is 0.252 e. The molecule has 1 saturated heterocycles. The van der Waals surface area contributed by atoms with Crippen LogP contribution in [0, 0.1) is 5.92 Å². The molecular weight excluding hydrogens is 362 g/mol. The topological polar surface area (TPSA) is 62.3 Å². The van der Waals surface area contributed by atoms with Gasteiger partial charge in [-0.2, -0.15) is 0 Å². The van der Waals surface area contributed by atoms with Crippen LogP contribution in [-0.4, -0.2) is 41.3 Å². The van der Waals surface area contributed by atoms with Gasteiger partial charge in [-0.05, 0) is 48.4 Å². The quantitative estimate of drug-likeness (QED) is 0.551. The maximum Gasteiger partial charge on any atom is 0.252 e. The van der Waals surface area contributed by atoms with Crippen molar-refractivity contribution in [3.63, 3.8) is 0 Å². The number of amides is 2. The Morgan fingerprint density at radius 2 is 2.07 bits per heavy atom. The first-order valence-corrected chi connectivity index (χ1v) is 10.4. The number of nitrogens with zero attached hydrogens (tertiary/aromatic N) is 2. The summed E-state index contributed by atoms with van der Waals surface area (Å²) >= 11 is 0. The van der Waals surface area contributed by atoms with Gasteiger partial charge >= 0.3 is 0 Å². The van der Waals surface area contributed by atoms with Crippen molar-refractivity contribution in [1.29, 1.82) is 0 Å². The SMILES string of the molecule is CCCCNC(=O)c1cncc(CC2CCN(C(=O)C=Cc3ccccc3)C2)c1. The predicted molar refractivity (Wildman–Crippen MR) is 115 cm³/mol. The third kappa shape index (κ3) is 6.28. The number of aromatic nitrogens is 1. The summed E-state index contributed by atoms with van der Waals surface area (Å²) in [7, 11) is 0. The number of carbonyl (C=O) groups excluding carboxylic acids is 2. The molecule has 1 aliphatic rings. The minimum absolute atomic E-state index is 0.0542. The molecule has 0 spiro atoms. The minimum atomic E-state index is -0.0675. The molecule has 0 aliphatic carbocycles. The van der Waals surface area contributed by atoms with Gasteiger partial charge in [0.2, 0.25) is 5.91 Å². The summed E-state index contributed by atoms with van der Waals surface area (Å²) in [6.45, 7) is 4.30. The zero-order chi connectivity index (χ0) is 20.5. The fraction of sp³-hybridized carbons (Fsp3) is 0.375. The zero-order valence-electron chi connectivity index (χ0n) is 17.0. The standard InChI is InChI=1S/C24H29N3O2/c1-2-3-12-26-24(29)22-15-21(16-25-17-22)14-20-11-13-27(18-20)23(28)10-9-19-7-5-4-6-8-19/h4-10,15-17,20H,2-3,11-14,18H2,1H3,(H,26,29). The largest absolute Gasteiger partial charge is 0.352 e. The summed E-state index contributed by atoms with van der Waals surface area (Å²) in [5.41, 5.74) is 2.68. The fourth-order valence-corrected chi connectivity index (χ4v) is 3.57. The van der Waals surface area contributed by atoms with E-state index in [0.717, 1.165) is 49.9 Å². The van der Waals surface area contributed by atoms with Crippen LogP contribution < -0.4 is 5.32 Å². The number of rotatable bonds is 8. The Morgan fingerprint density at radius 3 is 2.86 bits per heavy atom. The molecule has 3 rings (SSSR count). The average Bonchev–Trinajstić information content (AvgIpc) is 3.21. The van der Waals surface area contributed by atoms with Crippen LogP contribution in [0.15, 0.2) is 54.9 Å². The lowest BCUT2D eigenvalue weighted by atomic mass is 9.99. The van der Waals surface area contributed by atoms with Crippen molar-refractivity contribution in [2.75, 3.05) is 19.6 Å². The monoisotopic (exact) mass is 391 g/mol. The molecule has 0 bridgehead atoms. The lowest BCUT2D eigenvalue weighted by Crippen LogP contribution is -2.27. The molecule has 1 unspecified atom stereocenters. The molecule has 1 atom stereocenters. The number of likely N-dealkylation sites (tertiary alicyclic amines) is 1. The third-order valence-corrected chi connectivity index (χ3v) is 5.21. The zero-order valence-corrected chi connectivity index (χ0v) is 17.0. The van der Waals surface area contributed by atoms with Crippen molar-refractivity contribution < 1.29 is 9.59 Å². The second-order valence-electron chi connectivity index (χ2n) is 7.58. The van der Waals surface area contributed by atoms with E-state index in [-0.39, 0.29) is 11.8 Å². The highest BCUT2D eigenvalue weighted by Crippen LogP contribution is 2.21. The second kappa shape index (κ2) is 10.6. The number of carbonyl (C=O) groups is 2. The first kappa shape index (κ1) is 20.8. The molecule has 2 aromatic rings. The number of unbranched alkanes of at least 4 members (excludes halogenated alkanes) is 1. The molecule has 0 radical (unpaired) electrons. The van der Waals surface area contributed by atoms with Crippen molar-refractivity contribution in [2.24, 2.45) is 5.92 Å². The highest BCUT2D eigenvalue weighted by molar-refractivity contribution is 5.94. The first-order valence-electron chi connectivity index (χ1n) is 10.4. The highest BCUT2D eigenvalue weighted by Gasteiger charge is 2.25. The molecule has 0 saturated carbocycles. The highest BCUT2D eigenvalue weighted by atomic mass is 16.2. The summed E-state index contributed by atoms with van der Waals surface area (Å²) in [5, 5.41) is 2.93. The molecule has 1 aliphatic heterocycles. The van der Waals surface area contributed by atoms with Gasteiger partial charge in [-0.25, -0.2) is 0 Å². The molecule has 29 heavy (non-hydrogen) atoms. The van der Waals surface area contributed by atoms with Crippen molar-refractivity contribution in [3.05, 3.63) is 71.6 Å². The van der Waals surface area contributed by atoms with Crippen LogP contribution in [0.5, 0.6) is 0 Å². The normalized spacial score (nSPS) is 16.3. The van der Waals surface area contributed by atoms with Crippen LogP contribution in [0.4, 0.5) is 0 Å². The van der Waals surface area contributed by atoms with Gasteiger partial charge in [-0.1, -0.05) is 43.7 Å². The third-order valence-electron chi connectivity index (χ3n) is 5.21. The van der Waals surface area contributed by atoms with Gasteiger partial charge in [0.25, 0.3) is 5.91 Å². The number of nitrogens with one attached hydrogen (secondary N) is 1. The van der Waals surface area contributed by atoms with E-state index in [9.17, 15) is 9.59 Å². The Hall–Kier alpha value is -2.95. The number of hydrogen-bond donors (Lipinski definition) is 1. The van der Waals surface area contributed by atoms with Crippen LogP contribution in [0.3, 0.4) is 0 Å². The number of benzene rings is 1. The van der Waals surface area contributed by atoms with E-state index in [4.69, 9.17) is 0 Å². The summed E-state index contributed by atoms with van der Waals surface area (Å²) < 4.78 is 0. The van der Waals surface area contributed by atoms with Gasteiger partial charge in [0.05, 0.1) is 5.56 Å². The first-order chi connectivity index (χ1) is 14.2. The maximum absolute atomic E-state index is 12.5. The van der Waals surface area contributed by atoms with Crippen molar-refractivity contribution in [2.45, 2.75) is 32.6 Å². The summed E-state index contributed by atoms with van der Waals surface area (Å²) in [4.78, 5) is 30.8. The van der Waals surface area contributed by atoms with Gasteiger partial charge in [-0.15, -0.1) is 0 Å². The van der Waals surface area contributed by atoms with Gasteiger partial charge in [0.1, 0.15) is 0 Å². The van der Waals surface area contributed by atoms with Gasteiger partial charge in [0, 0.05) is 38.1 Å². The van der Waals surface area contributed by atoms with Gasteiger partial charge in [-0.3, -0.25) is 14.6 Å². The Kier molecular flexibility index (Phi) is 7.56. The van der Waals surface area contributed by atoms with E-state index in [2.05, 4.69) is 17.2 Å². The Balaban J connectivity index is 1.52. The molecule has 152 valence electrons. The second-order valence-corrected chi connectivity index (χ2v) is 7.58. The fourth-order valence-electron chi connectivity index (χ4n) is 3.57. The van der Waals surface area contributed by atoms with Crippen molar-refractivity contribution in [1.82, 2.24) is 15.2 Å². The minimum Gasteiger partial charge on any atom is -0.352 e. The lowest BCUT2D eigenvalue weighted by molar-refractivity contribution is -0.125. The Morgan fingerprint density at radius 1 is 1.24 bits per heavy atom. The van der Waals surface area contributed by atoms with Gasteiger partial charge < -0.3 is 10.2 Å². The molecule has 1 aromatic heterocycles. The Labute approximate surface area is 172 Å². The van der Waals surface area contributed by atoms with Crippen molar-refractivity contribution in [3.8, 4) is 0 Å². The van der Waals surface area contributed by atoms with E-state index in [0.29, 0.717) is 18.0 Å². The van der Waals surface area contributed by atoms with Gasteiger partial charge in [0.15, 0.2) is 0 Å². The maximum atomic E-state index is 12.5. The molecule has 2 amide bonds. The molecule has 1 fully saturated rings. The number of pyridine rings is 1. The van der Waals surface area contributed by atoms with Crippen molar-refractivity contribution >= 4 is 17.9 Å². The molecule has 1 aromatic carbocycles. The van der Waals surface area contributed by atoms with E-state index < -0.39 is 0 Å². The van der Waals surface area contributed by atoms with Crippen LogP contribution in [0.25, 0.3) is 6.08 Å². The van der Waals surface area contributed by atoms with E-state index in [1.54, 1.807) is 12.3 Å². The molecule has 5 nitrogen and oxygen atoms in total. The lowest BCUT2D eigenvalue weighted by Gasteiger charge is -2.14. The van der Waals surface area contributed by atoms with Crippen LogP contribution in [0.2, 0.25) is 0 Å². The summed E-state index contributed by atoms with van der Waals surface area (Å²) in [6.07, 6.45) is 10.8. The molecular formula is C24H29N3O2.